The molecule has 1 aliphatic rings. The van der Waals surface area contributed by atoms with Gasteiger partial charge in [-0.05, 0) is 32.6 Å². The van der Waals surface area contributed by atoms with Crippen LogP contribution in [0.15, 0.2) is 0 Å². The first-order valence-corrected chi connectivity index (χ1v) is 5.32. The molecule has 1 aliphatic carbocycles. The number of hydrogen-bond acceptors (Lipinski definition) is 5. The van der Waals surface area contributed by atoms with Crippen molar-refractivity contribution in [2.24, 2.45) is 11.8 Å². The van der Waals surface area contributed by atoms with E-state index < -0.39 is 5.60 Å². The van der Waals surface area contributed by atoms with Crippen LogP contribution in [0.25, 0.3) is 0 Å². The summed E-state index contributed by atoms with van der Waals surface area (Å²) >= 11 is 0. The Balaban J connectivity index is 2.38. The highest BCUT2D eigenvalue weighted by molar-refractivity contribution is 5.72. The Bertz CT molecular complexity index is 211. The van der Waals surface area contributed by atoms with Gasteiger partial charge in [0.05, 0.1) is 24.7 Å². The average Bonchev–Trinajstić information content (AvgIpc) is 2.19. The molecule has 1 rings (SSSR count). The monoisotopic (exact) mass is 217 g/mol. The normalized spacial score (nSPS) is 31.3. The summed E-state index contributed by atoms with van der Waals surface area (Å²) in [6, 6.07) is 0. The lowest BCUT2D eigenvalue weighted by atomic mass is 9.79. The van der Waals surface area contributed by atoms with Gasteiger partial charge in [0.25, 0.3) is 0 Å². The topological polar surface area (TPSA) is 81.8 Å². The fourth-order valence-electron chi connectivity index (χ4n) is 1.95. The minimum absolute atomic E-state index is 0.0806. The van der Waals surface area contributed by atoms with Gasteiger partial charge in [0, 0.05) is 0 Å². The van der Waals surface area contributed by atoms with E-state index in [-0.39, 0.29) is 18.5 Å². The summed E-state index contributed by atoms with van der Waals surface area (Å²) in [5.41, 5.74) is -0.863. The van der Waals surface area contributed by atoms with E-state index in [1.54, 1.807) is 6.92 Å². The minimum atomic E-state index is -0.863. The van der Waals surface area contributed by atoms with Gasteiger partial charge in [-0.3, -0.25) is 4.79 Å². The lowest BCUT2D eigenvalue weighted by molar-refractivity contribution is -0.152. The van der Waals surface area contributed by atoms with Crippen molar-refractivity contribution >= 4 is 5.97 Å². The van der Waals surface area contributed by atoms with Crippen LogP contribution >= 0.6 is 0 Å². The van der Waals surface area contributed by atoms with Gasteiger partial charge in [-0.15, -0.1) is 0 Å². The Labute approximate surface area is 89.5 Å². The molecule has 0 heterocycles. The van der Waals surface area contributed by atoms with Crippen molar-refractivity contribution in [2.45, 2.75) is 38.2 Å². The predicted octanol–water partition coefficient (Wildman–Crippen LogP) is 0.361. The molecule has 0 saturated heterocycles. The van der Waals surface area contributed by atoms with Crippen LogP contribution in [-0.2, 0) is 14.4 Å². The highest BCUT2D eigenvalue weighted by Crippen LogP contribution is 2.32. The van der Waals surface area contributed by atoms with Gasteiger partial charge in [-0.2, -0.15) is 0 Å². The first-order chi connectivity index (χ1) is 7.11. The van der Waals surface area contributed by atoms with Crippen molar-refractivity contribution in [1.82, 2.24) is 0 Å². The Morgan fingerprint density at radius 3 is 2.60 bits per heavy atom. The van der Waals surface area contributed by atoms with E-state index >= 15 is 0 Å². The molecule has 0 unspecified atom stereocenters. The summed E-state index contributed by atoms with van der Waals surface area (Å²) in [6.45, 7) is 2.33. The third-order valence-electron chi connectivity index (χ3n) is 2.89. The molecule has 3 N–H and O–H groups in total. The molecule has 1 fully saturated rings. The SMILES string of the molecule is CCOC(=O)C1CCC(O)(CON)CC1. The van der Waals surface area contributed by atoms with Gasteiger partial charge in [0.2, 0.25) is 0 Å². The van der Waals surface area contributed by atoms with Crippen LogP contribution in [0.1, 0.15) is 32.6 Å². The summed E-state index contributed by atoms with van der Waals surface area (Å²) in [5.74, 6) is 4.70. The molecule has 5 heteroatoms. The highest BCUT2D eigenvalue weighted by Gasteiger charge is 2.36. The van der Waals surface area contributed by atoms with E-state index in [1.807, 2.05) is 0 Å². The van der Waals surface area contributed by atoms with E-state index in [1.165, 1.54) is 0 Å². The lowest BCUT2D eigenvalue weighted by Gasteiger charge is -2.34. The summed E-state index contributed by atoms with van der Waals surface area (Å²) < 4.78 is 4.93. The van der Waals surface area contributed by atoms with Crippen LogP contribution in [0, 0.1) is 5.92 Å². The lowest BCUT2D eigenvalue weighted by Crippen LogP contribution is -2.41. The third kappa shape index (κ3) is 3.44. The molecular formula is C10H19NO4. The van der Waals surface area contributed by atoms with Crippen molar-refractivity contribution in [3.8, 4) is 0 Å². The summed E-state index contributed by atoms with van der Waals surface area (Å²) in [4.78, 5) is 15.9. The predicted molar refractivity (Wildman–Crippen MR) is 53.7 cm³/mol. The molecule has 15 heavy (non-hydrogen) atoms. The van der Waals surface area contributed by atoms with Crippen molar-refractivity contribution < 1.29 is 19.5 Å². The summed E-state index contributed by atoms with van der Waals surface area (Å²) in [5, 5.41) is 9.94. The van der Waals surface area contributed by atoms with Crippen LogP contribution < -0.4 is 5.90 Å². The maximum absolute atomic E-state index is 11.4. The first kappa shape index (κ1) is 12.4. The second-order valence-electron chi connectivity index (χ2n) is 4.06. The molecule has 0 aromatic heterocycles. The van der Waals surface area contributed by atoms with Crippen LogP contribution in [-0.4, -0.2) is 29.9 Å². The van der Waals surface area contributed by atoms with Gasteiger partial charge in [0.1, 0.15) is 0 Å². The third-order valence-corrected chi connectivity index (χ3v) is 2.89. The van der Waals surface area contributed by atoms with Crippen LogP contribution in [0.4, 0.5) is 0 Å². The highest BCUT2D eigenvalue weighted by atomic mass is 16.6. The molecule has 0 bridgehead atoms. The molecule has 1 saturated carbocycles. The van der Waals surface area contributed by atoms with Crippen molar-refractivity contribution in [3.63, 3.8) is 0 Å². The van der Waals surface area contributed by atoms with Crippen molar-refractivity contribution in [3.05, 3.63) is 0 Å². The van der Waals surface area contributed by atoms with Crippen LogP contribution in [0.2, 0.25) is 0 Å². The van der Waals surface area contributed by atoms with E-state index in [4.69, 9.17) is 10.6 Å². The molecule has 0 aliphatic heterocycles. The van der Waals surface area contributed by atoms with Gasteiger partial charge in [-0.1, -0.05) is 0 Å². The molecular weight excluding hydrogens is 198 g/mol. The smallest absolute Gasteiger partial charge is 0.308 e. The molecule has 0 amide bonds. The minimum Gasteiger partial charge on any atom is -0.466 e. The quantitative estimate of drug-likeness (QED) is 0.525. The maximum atomic E-state index is 11.4. The fourth-order valence-corrected chi connectivity index (χ4v) is 1.95. The summed E-state index contributed by atoms with van der Waals surface area (Å²) in [6.07, 6.45) is 2.35. The van der Waals surface area contributed by atoms with Crippen LogP contribution in [0.5, 0.6) is 0 Å². The van der Waals surface area contributed by atoms with E-state index in [0.717, 1.165) is 0 Å². The Hall–Kier alpha value is -0.650. The van der Waals surface area contributed by atoms with E-state index in [2.05, 4.69) is 4.84 Å². The number of rotatable bonds is 4. The zero-order valence-electron chi connectivity index (χ0n) is 9.07. The molecule has 5 nitrogen and oxygen atoms in total. The number of carbonyl (C=O) groups excluding carboxylic acids is 1. The van der Waals surface area contributed by atoms with Gasteiger partial charge in [-0.25, -0.2) is 5.90 Å². The molecule has 0 aromatic carbocycles. The number of esters is 1. The number of nitrogens with two attached hydrogens (primary N) is 1. The van der Waals surface area contributed by atoms with Crippen molar-refractivity contribution in [1.29, 1.82) is 0 Å². The first-order valence-electron chi connectivity index (χ1n) is 5.32. The molecule has 0 radical (unpaired) electrons. The molecule has 0 spiro atoms. The molecule has 0 atom stereocenters. The van der Waals surface area contributed by atoms with Crippen LogP contribution in [0.3, 0.4) is 0 Å². The second-order valence-corrected chi connectivity index (χ2v) is 4.06. The van der Waals surface area contributed by atoms with Gasteiger partial charge >= 0.3 is 5.97 Å². The zero-order chi connectivity index (χ0) is 11.3. The Morgan fingerprint density at radius 2 is 2.13 bits per heavy atom. The van der Waals surface area contributed by atoms with Gasteiger partial charge in [0.15, 0.2) is 0 Å². The summed E-state index contributed by atoms with van der Waals surface area (Å²) in [7, 11) is 0. The molecule has 88 valence electrons. The standard InChI is InChI=1S/C10H19NO4/c1-2-14-9(12)8-3-5-10(13,6-4-8)7-15-11/h8,13H,2-7,11H2,1H3. The Kier molecular flexibility index (Phi) is 4.50. The second kappa shape index (κ2) is 5.44. The zero-order valence-corrected chi connectivity index (χ0v) is 9.07. The number of carbonyl (C=O) groups is 1. The largest absolute Gasteiger partial charge is 0.466 e. The number of aliphatic hydroxyl groups is 1. The maximum Gasteiger partial charge on any atom is 0.308 e. The van der Waals surface area contributed by atoms with Crippen molar-refractivity contribution in [2.75, 3.05) is 13.2 Å². The van der Waals surface area contributed by atoms with Gasteiger partial charge < -0.3 is 14.7 Å². The number of hydrogen-bond donors (Lipinski definition) is 2. The fraction of sp³-hybridized carbons (Fsp3) is 0.900. The average molecular weight is 217 g/mol. The van der Waals surface area contributed by atoms with E-state index in [0.29, 0.717) is 32.3 Å². The Morgan fingerprint density at radius 1 is 1.53 bits per heavy atom. The molecule has 0 aromatic rings. The number of ether oxygens (including phenoxy) is 1. The van der Waals surface area contributed by atoms with E-state index in [9.17, 15) is 9.90 Å².